The standard InChI is InChI=1S/C21H20N2O4S/c22-28(25,26)21-18-4-2-1-3-16(18)9-10-19(21)17-7-5-15(6-8-17)13-23-11-12-27-14-20(23)24/h1-10H,11-14H2,(H2,22,25,26). The highest BCUT2D eigenvalue weighted by Crippen LogP contribution is 2.33. The Kier molecular flexibility index (Phi) is 4.89. The van der Waals surface area contributed by atoms with Crippen LogP contribution in [0, 0.1) is 0 Å². The lowest BCUT2D eigenvalue weighted by Crippen LogP contribution is -2.40. The van der Waals surface area contributed by atoms with E-state index < -0.39 is 10.0 Å². The largest absolute Gasteiger partial charge is 0.370 e. The number of rotatable bonds is 4. The molecule has 1 aliphatic heterocycles. The molecule has 1 amide bonds. The van der Waals surface area contributed by atoms with E-state index in [1.54, 1.807) is 23.1 Å². The highest BCUT2D eigenvalue weighted by atomic mass is 32.2. The Labute approximate surface area is 163 Å². The van der Waals surface area contributed by atoms with Gasteiger partial charge in [-0.1, -0.05) is 60.7 Å². The molecule has 1 heterocycles. The monoisotopic (exact) mass is 396 g/mol. The number of nitrogens with zero attached hydrogens (tertiary/aromatic N) is 1. The van der Waals surface area contributed by atoms with E-state index in [4.69, 9.17) is 9.88 Å². The predicted molar refractivity (Wildman–Crippen MR) is 107 cm³/mol. The summed E-state index contributed by atoms with van der Waals surface area (Å²) >= 11 is 0. The third-order valence-electron chi connectivity index (χ3n) is 4.89. The van der Waals surface area contributed by atoms with Crippen LogP contribution in [0.3, 0.4) is 0 Å². The van der Waals surface area contributed by atoms with Crippen molar-refractivity contribution in [1.82, 2.24) is 4.90 Å². The summed E-state index contributed by atoms with van der Waals surface area (Å²) in [5, 5.41) is 6.97. The minimum atomic E-state index is -3.92. The van der Waals surface area contributed by atoms with Crippen LogP contribution >= 0.6 is 0 Å². The fourth-order valence-corrected chi connectivity index (χ4v) is 4.49. The van der Waals surface area contributed by atoms with Crippen LogP contribution in [-0.2, 0) is 26.1 Å². The van der Waals surface area contributed by atoms with Crippen molar-refractivity contribution in [2.24, 2.45) is 5.14 Å². The van der Waals surface area contributed by atoms with Gasteiger partial charge < -0.3 is 9.64 Å². The summed E-state index contributed by atoms with van der Waals surface area (Å²) in [5.74, 6) is -0.0265. The van der Waals surface area contributed by atoms with Gasteiger partial charge in [-0.05, 0) is 16.5 Å². The highest BCUT2D eigenvalue weighted by molar-refractivity contribution is 7.89. The van der Waals surface area contributed by atoms with Gasteiger partial charge in [0.1, 0.15) is 6.61 Å². The topological polar surface area (TPSA) is 89.7 Å². The molecule has 1 saturated heterocycles. The molecule has 1 fully saturated rings. The second-order valence-electron chi connectivity index (χ2n) is 6.77. The van der Waals surface area contributed by atoms with Gasteiger partial charge in [0, 0.05) is 24.0 Å². The van der Waals surface area contributed by atoms with Crippen molar-refractivity contribution >= 4 is 26.7 Å². The van der Waals surface area contributed by atoms with E-state index in [0.717, 1.165) is 16.5 Å². The maximum Gasteiger partial charge on any atom is 0.248 e. The molecule has 2 N–H and O–H groups in total. The van der Waals surface area contributed by atoms with Crippen LogP contribution in [0.4, 0.5) is 0 Å². The molecular weight excluding hydrogens is 376 g/mol. The number of ether oxygens (including phenoxy) is 1. The quantitative estimate of drug-likeness (QED) is 0.734. The maximum atomic E-state index is 12.3. The van der Waals surface area contributed by atoms with E-state index >= 15 is 0 Å². The molecule has 0 atom stereocenters. The van der Waals surface area contributed by atoms with Crippen molar-refractivity contribution in [3.63, 3.8) is 0 Å². The van der Waals surface area contributed by atoms with Crippen LogP contribution in [0.1, 0.15) is 5.56 Å². The number of morpholine rings is 1. The number of amides is 1. The molecular formula is C21H20N2O4S. The normalized spacial score (nSPS) is 15.2. The number of carbonyl (C=O) groups is 1. The number of sulfonamides is 1. The molecule has 28 heavy (non-hydrogen) atoms. The van der Waals surface area contributed by atoms with Crippen molar-refractivity contribution in [3.05, 3.63) is 66.2 Å². The summed E-state index contributed by atoms with van der Waals surface area (Å²) in [6.45, 7) is 1.73. The van der Waals surface area contributed by atoms with Crippen LogP contribution in [0.15, 0.2) is 65.6 Å². The number of hydrogen-bond acceptors (Lipinski definition) is 4. The molecule has 7 heteroatoms. The minimum absolute atomic E-state index is 0.0265. The second kappa shape index (κ2) is 7.35. The Morgan fingerprint density at radius 3 is 2.46 bits per heavy atom. The van der Waals surface area contributed by atoms with E-state index in [1.807, 2.05) is 42.5 Å². The van der Waals surface area contributed by atoms with Crippen molar-refractivity contribution < 1.29 is 17.9 Å². The zero-order valence-electron chi connectivity index (χ0n) is 15.2. The first-order chi connectivity index (χ1) is 13.4. The zero-order chi connectivity index (χ0) is 19.7. The molecule has 3 aromatic rings. The summed E-state index contributed by atoms with van der Waals surface area (Å²) < 4.78 is 29.8. The molecule has 3 aromatic carbocycles. The van der Waals surface area contributed by atoms with E-state index in [1.165, 1.54) is 0 Å². The number of carbonyl (C=O) groups excluding carboxylic acids is 1. The van der Waals surface area contributed by atoms with E-state index in [9.17, 15) is 13.2 Å². The molecule has 0 unspecified atom stereocenters. The van der Waals surface area contributed by atoms with Crippen LogP contribution in [0.2, 0.25) is 0 Å². The molecule has 0 aliphatic carbocycles. The Morgan fingerprint density at radius 2 is 1.75 bits per heavy atom. The van der Waals surface area contributed by atoms with E-state index in [-0.39, 0.29) is 17.4 Å². The lowest BCUT2D eigenvalue weighted by molar-refractivity contribution is -0.143. The first-order valence-corrected chi connectivity index (χ1v) is 10.5. The summed E-state index contributed by atoms with van der Waals surface area (Å²) in [6.07, 6.45) is 0. The molecule has 0 saturated carbocycles. The van der Waals surface area contributed by atoms with Crippen molar-refractivity contribution in [2.45, 2.75) is 11.4 Å². The number of benzene rings is 3. The number of nitrogens with two attached hydrogens (primary N) is 1. The van der Waals surface area contributed by atoms with Gasteiger partial charge >= 0.3 is 0 Å². The third kappa shape index (κ3) is 3.64. The third-order valence-corrected chi connectivity index (χ3v) is 5.90. The molecule has 0 bridgehead atoms. The molecule has 1 aliphatic rings. The van der Waals surface area contributed by atoms with Gasteiger partial charge in [0.05, 0.1) is 11.5 Å². The number of fused-ring (bicyclic) bond motifs is 1. The predicted octanol–water partition coefficient (Wildman–Crippen LogP) is 2.51. The summed E-state index contributed by atoms with van der Waals surface area (Å²) in [6, 6.07) is 18.5. The number of hydrogen-bond donors (Lipinski definition) is 1. The molecule has 0 spiro atoms. The Bertz CT molecular complexity index is 1140. The highest BCUT2D eigenvalue weighted by Gasteiger charge is 2.20. The van der Waals surface area contributed by atoms with Gasteiger partial charge in [-0.25, -0.2) is 13.6 Å². The summed E-state index contributed by atoms with van der Waals surface area (Å²) in [7, 11) is -3.92. The zero-order valence-corrected chi connectivity index (χ0v) is 16.0. The Balaban J connectivity index is 1.71. The Morgan fingerprint density at radius 1 is 1.00 bits per heavy atom. The first kappa shape index (κ1) is 18.6. The minimum Gasteiger partial charge on any atom is -0.370 e. The fourth-order valence-electron chi connectivity index (χ4n) is 3.50. The van der Waals surface area contributed by atoms with E-state index in [2.05, 4.69) is 0 Å². The lowest BCUT2D eigenvalue weighted by Gasteiger charge is -2.26. The van der Waals surface area contributed by atoms with Gasteiger partial charge in [0.2, 0.25) is 15.9 Å². The van der Waals surface area contributed by atoms with Gasteiger partial charge in [0.25, 0.3) is 0 Å². The van der Waals surface area contributed by atoms with Gasteiger partial charge in [-0.15, -0.1) is 0 Å². The van der Waals surface area contributed by atoms with Gasteiger partial charge in [-0.3, -0.25) is 4.79 Å². The maximum absolute atomic E-state index is 12.3. The van der Waals surface area contributed by atoms with Gasteiger partial charge in [-0.2, -0.15) is 0 Å². The molecule has 6 nitrogen and oxygen atoms in total. The van der Waals surface area contributed by atoms with Crippen LogP contribution in [0.25, 0.3) is 21.9 Å². The summed E-state index contributed by atoms with van der Waals surface area (Å²) in [4.78, 5) is 13.8. The van der Waals surface area contributed by atoms with Crippen LogP contribution < -0.4 is 5.14 Å². The smallest absolute Gasteiger partial charge is 0.248 e. The molecule has 0 aromatic heterocycles. The lowest BCUT2D eigenvalue weighted by atomic mass is 10.00. The fraction of sp³-hybridized carbons (Fsp3) is 0.190. The Hall–Kier alpha value is -2.74. The van der Waals surface area contributed by atoms with Crippen molar-refractivity contribution in [1.29, 1.82) is 0 Å². The van der Waals surface area contributed by atoms with Crippen molar-refractivity contribution in [2.75, 3.05) is 19.8 Å². The molecule has 144 valence electrons. The van der Waals surface area contributed by atoms with Crippen molar-refractivity contribution in [3.8, 4) is 11.1 Å². The van der Waals surface area contributed by atoms with Crippen LogP contribution in [-0.4, -0.2) is 39.0 Å². The van der Waals surface area contributed by atoms with Gasteiger partial charge in [0.15, 0.2) is 0 Å². The average molecular weight is 396 g/mol. The first-order valence-electron chi connectivity index (χ1n) is 8.93. The molecule has 0 radical (unpaired) electrons. The second-order valence-corrected chi connectivity index (χ2v) is 8.27. The number of primary sulfonamides is 1. The van der Waals surface area contributed by atoms with E-state index in [0.29, 0.717) is 30.6 Å². The summed E-state index contributed by atoms with van der Waals surface area (Å²) in [5.41, 5.74) is 2.29. The average Bonchev–Trinajstić information content (AvgIpc) is 2.69. The SMILES string of the molecule is NS(=O)(=O)c1c(-c2ccc(CN3CCOCC3=O)cc2)ccc2ccccc12. The molecule has 4 rings (SSSR count). The van der Waals surface area contributed by atoms with Crippen LogP contribution in [0.5, 0.6) is 0 Å².